The number of halogens is 1. The number of hydrogen-bond acceptors (Lipinski definition) is 1. The number of fused-ring (bicyclic) bond motifs is 4. The molecular weight excluding hydrogens is 300 g/mol. The predicted octanol–water partition coefficient (Wildman–Crippen LogP) is 4.59. The molecule has 2 aromatic carbocycles. The summed E-state index contributed by atoms with van der Waals surface area (Å²) in [5, 5.41) is 2.41. The number of benzene rings is 2. The molecular formula is C16H11BrN2. The van der Waals surface area contributed by atoms with E-state index in [0.29, 0.717) is 0 Å². The van der Waals surface area contributed by atoms with E-state index in [9.17, 15) is 0 Å². The van der Waals surface area contributed by atoms with Gasteiger partial charge in [0.2, 0.25) is 0 Å². The van der Waals surface area contributed by atoms with Gasteiger partial charge in [-0.3, -0.25) is 0 Å². The van der Waals surface area contributed by atoms with Crippen LogP contribution in [0.2, 0.25) is 0 Å². The Hall–Kier alpha value is -1.87. The first-order chi connectivity index (χ1) is 9.24. The quantitative estimate of drug-likeness (QED) is 0.464. The summed E-state index contributed by atoms with van der Waals surface area (Å²) in [7, 11) is 2.10. The molecule has 0 aliphatic carbocycles. The number of nitrogens with zero attached hydrogens (tertiary/aromatic N) is 2. The molecule has 0 fully saturated rings. The zero-order valence-electron chi connectivity index (χ0n) is 10.4. The SMILES string of the molecule is Cn1c2c3ccccc3nc-2cc2cc(Br)ccc21. The van der Waals surface area contributed by atoms with Crippen molar-refractivity contribution in [2.75, 3.05) is 0 Å². The summed E-state index contributed by atoms with van der Waals surface area (Å²) in [6.07, 6.45) is 0. The van der Waals surface area contributed by atoms with Gasteiger partial charge < -0.3 is 4.57 Å². The first-order valence-electron chi connectivity index (χ1n) is 6.17. The Labute approximate surface area is 119 Å². The Bertz CT molecular complexity index is 892. The molecule has 0 amide bonds. The normalized spacial score (nSPS) is 11.7. The molecule has 2 aliphatic heterocycles. The third-order valence-electron chi connectivity index (χ3n) is 3.62. The van der Waals surface area contributed by atoms with Gasteiger partial charge in [-0.15, -0.1) is 0 Å². The lowest BCUT2D eigenvalue weighted by Crippen LogP contribution is -1.98. The highest BCUT2D eigenvalue weighted by atomic mass is 79.9. The van der Waals surface area contributed by atoms with Gasteiger partial charge in [-0.05, 0) is 30.3 Å². The van der Waals surface area contributed by atoms with Gasteiger partial charge in [0.1, 0.15) is 0 Å². The average Bonchev–Trinajstić information content (AvgIpc) is 2.76. The molecule has 0 radical (unpaired) electrons. The molecule has 2 nitrogen and oxygen atoms in total. The highest BCUT2D eigenvalue weighted by Gasteiger charge is 2.15. The number of para-hydroxylation sites is 1. The molecule has 3 heteroatoms. The van der Waals surface area contributed by atoms with E-state index in [1.807, 2.05) is 6.07 Å². The van der Waals surface area contributed by atoms with Crippen LogP contribution in [-0.2, 0) is 7.05 Å². The lowest BCUT2D eigenvalue weighted by Gasteiger charge is -2.12. The van der Waals surface area contributed by atoms with E-state index in [0.717, 1.165) is 15.7 Å². The summed E-state index contributed by atoms with van der Waals surface area (Å²) in [5.41, 5.74) is 4.52. The van der Waals surface area contributed by atoms with Crippen molar-refractivity contribution in [1.82, 2.24) is 9.55 Å². The van der Waals surface area contributed by atoms with Crippen molar-refractivity contribution in [3.63, 3.8) is 0 Å². The van der Waals surface area contributed by atoms with Crippen LogP contribution >= 0.6 is 15.9 Å². The molecule has 2 heterocycles. The standard InChI is InChI=1S/C16H11BrN2/c1-19-15-7-6-11(17)8-10(15)9-14-16(19)12-4-2-3-5-13(12)18-14/h2-9H,1H3. The van der Waals surface area contributed by atoms with Gasteiger partial charge in [-0.2, -0.15) is 0 Å². The zero-order valence-corrected chi connectivity index (χ0v) is 12.0. The fourth-order valence-electron chi connectivity index (χ4n) is 2.76. The molecule has 0 spiro atoms. The van der Waals surface area contributed by atoms with Crippen molar-refractivity contribution in [3.05, 3.63) is 53.0 Å². The van der Waals surface area contributed by atoms with Gasteiger partial charge in [0, 0.05) is 27.8 Å². The van der Waals surface area contributed by atoms with E-state index in [1.54, 1.807) is 0 Å². The van der Waals surface area contributed by atoms with Gasteiger partial charge in [0.05, 0.1) is 16.9 Å². The van der Waals surface area contributed by atoms with Crippen molar-refractivity contribution in [1.29, 1.82) is 0 Å². The minimum absolute atomic E-state index is 1.05. The number of pyridine rings is 1. The summed E-state index contributed by atoms with van der Waals surface area (Å²) >= 11 is 3.53. The monoisotopic (exact) mass is 310 g/mol. The molecule has 0 aromatic heterocycles. The number of aromatic nitrogens is 2. The highest BCUT2D eigenvalue weighted by molar-refractivity contribution is 9.10. The molecule has 0 unspecified atom stereocenters. The highest BCUT2D eigenvalue weighted by Crippen LogP contribution is 2.34. The van der Waals surface area contributed by atoms with Crippen molar-refractivity contribution in [2.45, 2.75) is 0 Å². The van der Waals surface area contributed by atoms with E-state index in [2.05, 4.69) is 70.0 Å². The lowest BCUT2D eigenvalue weighted by molar-refractivity contribution is 0.967. The molecule has 0 N–H and O–H groups in total. The smallest absolute Gasteiger partial charge is 0.0887 e. The van der Waals surface area contributed by atoms with Gasteiger partial charge in [-0.25, -0.2) is 4.98 Å². The Morgan fingerprint density at radius 3 is 2.79 bits per heavy atom. The van der Waals surface area contributed by atoms with E-state index in [4.69, 9.17) is 4.98 Å². The topological polar surface area (TPSA) is 17.8 Å². The summed E-state index contributed by atoms with van der Waals surface area (Å²) in [4.78, 5) is 4.72. The minimum Gasteiger partial charge on any atom is -0.342 e. The molecule has 2 aliphatic rings. The Morgan fingerprint density at radius 1 is 1.05 bits per heavy atom. The maximum absolute atomic E-state index is 4.72. The van der Waals surface area contributed by atoms with Crippen molar-refractivity contribution in [3.8, 4) is 11.4 Å². The van der Waals surface area contributed by atoms with Crippen molar-refractivity contribution < 1.29 is 0 Å². The van der Waals surface area contributed by atoms with Crippen LogP contribution in [0.25, 0.3) is 33.2 Å². The van der Waals surface area contributed by atoms with Gasteiger partial charge in [0.25, 0.3) is 0 Å². The van der Waals surface area contributed by atoms with Crippen LogP contribution in [0.1, 0.15) is 0 Å². The van der Waals surface area contributed by atoms with Crippen LogP contribution in [0.4, 0.5) is 0 Å². The minimum atomic E-state index is 1.05. The molecule has 0 saturated heterocycles. The fraction of sp³-hybridized carbons (Fsp3) is 0.0625. The zero-order chi connectivity index (χ0) is 13.0. The Kier molecular flexibility index (Phi) is 2.21. The molecule has 19 heavy (non-hydrogen) atoms. The fourth-order valence-corrected chi connectivity index (χ4v) is 3.14. The van der Waals surface area contributed by atoms with Crippen LogP contribution < -0.4 is 0 Å². The Balaban J connectivity index is 2.27. The number of hydrogen-bond donors (Lipinski definition) is 0. The summed E-state index contributed by atoms with van der Waals surface area (Å²) < 4.78 is 3.32. The summed E-state index contributed by atoms with van der Waals surface area (Å²) in [6.45, 7) is 0. The molecule has 0 saturated carbocycles. The van der Waals surface area contributed by atoms with Gasteiger partial charge >= 0.3 is 0 Å². The lowest BCUT2D eigenvalue weighted by atomic mass is 10.1. The second kappa shape index (κ2) is 3.81. The van der Waals surface area contributed by atoms with E-state index in [-0.39, 0.29) is 0 Å². The summed E-state index contributed by atoms with van der Waals surface area (Å²) in [6, 6.07) is 16.8. The predicted molar refractivity (Wildman–Crippen MR) is 82.5 cm³/mol. The average molecular weight is 311 g/mol. The van der Waals surface area contributed by atoms with E-state index in [1.165, 1.54) is 22.0 Å². The largest absolute Gasteiger partial charge is 0.342 e. The van der Waals surface area contributed by atoms with Crippen LogP contribution in [0.3, 0.4) is 0 Å². The third-order valence-corrected chi connectivity index (χ3v) is 4.11. The maximum atomic E-state index is 4.72. The van der Waals surface area contributed by atoms with Crippen LogP contribution in [-0.4, -0.2) is 9.55 Å². The van der Waals surface area contributed by atoms with Gasteiger partial charge in [0.15, 0.2) is 0 Å². The van der Waals surface area contributed by atoms with E-state index < -0.39 is 0 Å². The second-order valence-corrected chi connectivity index (χ2v) is 5.68. The maximum Gasteiger partial charge on any atom is 0.0887 e. The Morgan fingerprint density at radius 2 is 1.89 bits per heavy atom. The molecule has 92 valence electrons. The first kappa shape index (κ1) is 11.0. The second-order valence-electron chi connectivity index (χ2n) is 4.77. The molecule has 0 atom stereocenters. The number of aryl methyl sites for hydroxylation is 1. The van der Waals surface area contributed by atoms with Gasteiger partial charge in [-0.1, -0.05) is 34.1 Å². The van der Waals surface area contributed by atoms with Crippen LogP contribution in [0.5, 0.6) is 0 Å². The third kappa shape index (κ3) is 1.51. The van der Waals surface area contributed by atoms with Crippen molar-refractivity contribution >= 4 is 37.7 Å². The van der Waals surface area contributed by atoms with E-state index >= 15 is 0 Å². The van der Waals surface area contributed by atoms with Crippen molar-refractivity contribution in [2.24, 2.45) is 7.05 Å². The first-order valence-corrected chi connectivity index (χ1v) is 6.97. The summed E-state index contributed by atoms with van der Waals surface area (Å²) in [5.74, 6) is 0. The molecule has 4 rings (SSSR count). The van der Waals surface area contributed by atoms with Crippen LogP contribution in [0.15, 0.2) is 53.0 Å². The molecule has 2 aromatic rings. The van der Waals surface area contributed by atoms with Crippen LogP contribution in [0, 0.1) is 0 Å². The number of rotatable bonds is 0. The molecule has 0 bridgehead atoms.